The van der Waals surface area contributed by atoms with Crippen molar-refractivity contribution in [1.82, 2.24) is 25.2 Å². The number of carbonyl (C=O) groups excluding carboxylic acids is 2. The molecule has 2 aromatic carbocycles. The van der Waals surface area contributed by atoms with Gasteiger partial charge < -0.3 is 28.6 Å². The highest BCUT2D eigenvalue weighted by atomic mass is 16.6. The Labute approximate surface area is 283 Å². The van der Waals surface area contributed by atoms with Gasteiger partial charge in [-0.15, -0.1) is 0 Å². The molecular formula is C38H49N5O5. The average molecular weight is 656 g/mol. The van der Waals surface area contributed by atoms with Crippen LogP contribution >= 0.6 is 0 Å². The average Bonchev–Trinajstić information content (AvgIpc) is 3.88. The Hall–Kier alpha value is -4.44. The van der Waals surface area contributed by atoms with Crippen molar-refractivity contribution in [2.24, 2.45) is 5.92 Å². The van der Waals surface area contributed by atoms with Crippen molar-refractivity contribution in [2.45, 2.75) is 77.1 Å². The Morgan fingerprint density at radius 3 is 2.52 bits per heavy atom. The maximum Gasteiger partial charge on any atom is 0.410 e. The van der Waals surface area contributed by atoms with Gasteiger partial charge in [0.15, 0.2) is 0 Å². The molecule has 1 saturated carbocycles. The summed E-state index contributed by atoms with van der Waals surface area (Å²) < 4.78 is 18.7. The van der Waals surface area contributed by atoms with E-state index in [-0.39, 0.29) is 24.0 Å². The lowest BCUT2D eigenvalue weighted by Gasteiger charge is -2.40. The highest BCUT2D eigenvalue weighted by Gasteiger charge is 2.43. The number of para-hydroxylation sites is 1. The van der Waals surface area contributed by atoms with Gasteiger partial charge in [0.2, 0.25) is 11.8 Å². The van der Waals surface area contributed by atoms with Crippen LogP contribution < -0.4 is 10.9 Å². The van der Waals surface area contributed by atoms with Gasteiger partial charge in [-0.25, -0.2) is 4.79 Å². The Kier molecular flexibility index (Phi) is 10.0. The number of benzene rings is 2. The minimum Gasteiger partial charge on any atom is -0.481 e. The summed E-state index contributed by atoms with van der Waals surface area (Å²) in [5.41, 5.74) is 11.0. The maximum atomic E-state index is 14.9. The lowest BCUT2D eigenvalue weighted by Crippen LogP contribution is -2.51. The van der Waals surface area contributed by atoms with Crippen molar-refractivity contribution in [2.75, 3.05) is 33.9 Å². The van der Waals surface area contributed by atoms with Crippen LogP contribution in [0.25, 0.3) is 16.6 Å². The van der Waals surface area contributed by atoms with Gasteiger partial charge >= 0.3 is 6.09 Å². The number of likely N-dealkylation sites (tertiary alicyclic amines) is 1. The van der Waals surface area contributed by atoms with E-state index in [4.69, 9.17) is 14.2 Å². The molecule has 48 heavy (non-hydrogen) atoms. The first kappa shape index (κ1) is 33.5. The van der Waals surface area contributed by atoms with E-state index < -0.39 is 11.5 Å². The van der Waals surface area contributed by atoms with Crippen LogP contribution in [-0.2, 0) is 32.1 Å². The predicted molar refractivity (Wildman–Crippen MR) is 186 cm³/mol. The molecule has 10 nitrogen and oxygen atoms in total. The molecule has 10 heteroatoms. The summed E-state index contributed by atoms with van der Waals surface area (Å²) in [6, 6.07) is 17.0. The molecule has 1 saturated heterocycles. The zero-order valence-electron chi connectivity index (χ0n) is 28.8. The number of carbonyl (C=O) groups is 2. The van der Waals surface area contributed by atoms with E-state index in [2.05, 4.69) is 69.0 Å². The molecule has 6 rings (SSSR count). The Morgan fingerprint density at radius 1 is 1.00 bits per heavy atom. The van der Waals surface area contributed by atoms with Crippen molar-refractivity contribution in [1.29, 1.82) is 0 Å². The monoisotopic (exact) mass is 655 g/mol. The Morgan fingerprint density at radius 2 is 1.81 bits per heavy atom. The number of nitrogens with one attached hydrogen (secondary N) is 2. The largest absolute Gasteiger partial charge is 0.481 e. The minimum atomic E-state index is -0.620. The first-order valence-corrected chi connectivity index (χ1v) is 17.1. The van der Waals surface area contributed by atoms with Crippen LogP contribution in [-0.4, -0.2) is 71.9 Å². The lowest BCUT2D eigenvalue weighted by atomic mass is 9.79. The summed E-state index contributed by atoms with van der Waals surface area (Å²) in [5.74, 6) is 0.258. The van der Waals surface area contributed by atoms with Crippen LogP contribution in [0.5, 0.6) is 0 Å². The number of allylic oxidation sites excluding steroid dienone is 2. The molecule has 2 atom stereocenters. The molecule has 256 valence electrons. The second-order valence-corrected chi connectivity index (χ2v) is 14.0. The predicted octanol–water partition coefficient (Wildman–Crippen LogP) is 6.15. The van der Waals surface area contributed by atoms with Crippen molar-refractivity contribution < 1.29 is 23.8 Å². The molecule has 1 aromatic heterocycles. The minimum absolute atomic E-state index is 0.0602. The van der Waals surface area contributed by atoms with E-state index in [1.807, 2.05) is 39.0 Å². The molecule has 2 N–H and O–H groups in total. The number of amides is 2. The summed E-state index contributed by atoms with van der Waals surface area (Å²) in [4.78, 5) is 32.0. The first-order valence-electron chi connectivity index (χ1n) is 17.1. The molecule has 1 aliphatic carbocycles. The van der Waals surface area contributed by atoms with Crippen LogP contribution in [0.3, 0.4) is 0 Å². The number of methoxy groups -OCH3 is 2. The van der Waals surface area contributed by atoms with Crippen LogP contribution in [0.1, 0.15) is 69.1 Å². The number of nitrogens with zero attached hydrogens (tertiary/aromatic N) is 3. The number of hydrogen-bond donors (Lipinski definition) is 2. The number of hydrogen-bond acceptors (Lipinski definition) is 7. The molecule has 3 heterocycles. The number of hydrazine groups is 1. The van der Waals surface area contributed by atoms with Crippen molar-refractivity contribution >= 4 is 28.6 Å². The SMILES string of the molecule is COCCCn1cc(CN(C(=O)[C@H]2CN(C(=O)OC(C)(C)C)CC[C@@H]2c2cccc(C3=CC=C(OC)NN3)c2)C2CC2)c2ccccc21. The Bertz CT molecular complexity index is 1680. The normalized spacial score (nSPS) is 19.6. The third-order valence-electron chi connectivity index (χ3n) is 9.38. The molecule has 2 amide bonds. The van der Waals surface area contributed by atoms with Crippen LogP contribution in [0.15, 0.2) is 72.8 Å². The third kappa shape index (κ3) is 7.65. The van der Waals surface area contributed by atoms with E-state index in [1.54, 1.807) is 19.1 Å². The van der Waals surface area contributed by atoms with Gasteiger partial charge in [0.1, 0.15) is 5.60 Å². The summed E-state index contributed by atoms with van der Waals surface area (Å²) >= 11 is 0. The zero-order chi connectivity index (χ0) is 33.8. The summed E-state index contributed by atoms with van der Waals surface area (Å²) in [6.45, 7) is 8.54. The first-order chi connectivity index (χ1) is 23.1. The van der Waals surface area contributed by atoms with Gasteiger partial charge in [-0.1, -0.05) is 36.4 Å². The smallest absolute Gasteiger partial charge is 0.410 e. The molecule has 3 aromatic rings. The fourth-order valence-corrected chi connectivity index (χ4v) is 6.87. The Balaban J connectivity index is 1.31. The van der Waals surface area contributed by atoms with Crippen molar-refractivity contribution in [3.05, 3.63) is 89.5 Å². The molecule has 0 radical (unpaired) electrons. The van der Waals surface area contributed by atoms with Crippen molar-refractivity contribution in [3.8, 4) is 0 Å². The topological polar surface area (TPSA) is 97.3 Å². The van der Waals surface area contributed by atoms with Gasteiger partial charge in [-0.05, 0) is 87.3 Å². The summed E-state index contributed by atoms with van der Waals surface area (Å²) in [7, 11) is 3.35. The number of rotatable bonds is 11. The zero-order valence-corrected chi connectivity index (χ0v) is 28.8. The fraction of sp³-hybridized carbons (Fsp3) is 0.474. The van der Waals surface area contributed by atoms with E-state index >= 15 is 0 Å². The molecule has 2 aliphatic heterocycles. The lowest BCUT2D eigenvalue weighted by molar-refractivity contribution is -0.139. The van der Waals surface area contributed by atoms with E-state index in [0.29, 0.717) is 38.5 Å². The van der Waals surface area contributed by atoms with Gasteiger partial charge in [0.05, 0.1) is 18.7 Å². The van der Waals surface area contributed by atoms with E-state index in [9.17, 15) is 9.59 Å². The van der Waals surface area contributed by atoms with Gasteiger partial charge in [0, 0.05) is 69.1 Å². The second-order valence-electron chi connectivity index (χ2n) is 14.0. The molecule has 3 aliphatic rings. The van der Waals surface area contributed by atoms with Gasteiger partial charge in [-0.3, -0.25) is 15.6 Å². The quantitative estimate of drug-likeness (QED) is 0.240. The van der Waals surface area contributed by atoms with Crippen LogP contribution in [0.4, 0.5) is 4.79 Å². The van der Waals surface area contributed by atoms with E-state index in [0.717, 1.165) is 48.2 Å². The summed E-state index contributed by atoms with van der Waals surface area (Å²) in [6.07, 6.45) is 9.25. The maximum absolute atomic E-state index is 14.9. The molecular weight excluding hydrogens is 606 g/mol. The van der Waals surface area contributed by atoms with Gasteiger partial charge in [0.25, 0.3) is 0 Å². The van der Waals surface area contributed by atoms with Crippen LogP contribution in [0, 0.1) is 5.92 Å². The molecule has 2 fully saturated rings. The highest BCUT2D eigenvalue weighted by molar-refractivity contribution is 5.86. The molecule has 0 bridgehead atoms. The number of ether oxygens (including phenoxy) is 3. The summed E-state index contributed by atoms with van der Waals surface area (Å²) in [5, 5.41) is 1.17. The van der Waals surface area contributed by atoms with E-state index in [1.165, 1.54) is 10.9 Å². The number of piperidine rings is 1. The number of fused-ring (bicyclic) bond motifs is 1. The number of aryl methyl sites for hydroxylation is 1. The second kappa shape index (κ2) is 14.4. The number of aromatic nitrogens is 1. The van der Waals surface area contributed by atoms with Gasteiger partial charge in [-0.2, -0.15) is 0 Å². The fourth-order valence-electron chi connectivity index (χ4n) is 6.87. The molecule has 0 unspecified atom stereocenters. The highest BCUT2D eigenvalue weighted by Crippen LogP contribution is 2.39. The van der Waals surface area contributed by atoms with Crippen LogP contribution in [0.2, 0.25) is 0 Å². The van der Waals surface area contributed by atoms with Crippen molar-refractivity contribution in [3.63, 3.8) is 0 Å². The third-order valence-corrected chi connectivity index (χ3v) is 9.38. The standard InChI is InChI=1S/C38H49N5O5/c1-38(2,3)48-37(45)42-20-18-30(26-10-8-11-27(22-26)33-16-17-35(47-5)40-39-33)32(25-42)36(44)43(29-14-15-29)24-28-23-41(19-9-21-46-4)34-13-7-6-12-31(28)34/h6-8,10-13,16-17,22-23,29-30,32,39-40H,9,14-15,18-21,24-25H2,1-5H3/t30-,32+/m1/s1. The molecule has 0 spiro atoms.